The number of amides is 1. The lowest BCUT2D eigenvalue weighted by atomic mass is 9.95. The first-order valence-corrected chi connectivity index (χ1v) is 7.71. The molecule has 0 radical (unpaired) electrons. The smallest absolute Gasteiger partial charge is 0.237 e. The number of nitrogens with one attached hydrogen (secondary N) is 1. The van der Waals surface area contributed by atoms with Crippen molar-refractivity contribution < 1.29 is 4.79 Å². The minimum atomic E-state index is -0.612. The highest BCUT2D eigenvalue weighted by Gasteiger charge is 2.33. The first kappa shape index (κ1) is 17.4. The van der Waals surface area contributed by atoms with Gasteiger partial charge < -0.3 is 16.0 Å². The summed E-state index contributed by atoms with van der Waals surface area (Å²) < 4.78 is 0. The first-order valence-electron chi connectivity index (χ1n) is 7.71. The van der Waals surface area contributed by atoms with Gasteiger partial charge in [-0.1, -0.05) is 0 Å². The number of nitrogens with two attached hydrogens (primary N) is 1. The van der Waals surface area contributed by atoms with Crippen LogP contribution in [0.2, 0.25) is 0 Å². The van der Waals surface area contributed by atoms with E-state index in [2.05, 4.69) is 29.2 Å². The zero-order valence-electron chi connectivity index (χ0n) is 13.8. The van der Waals surface area contributed by atoms with Gasteiger partial charge >= 0.3 is 0 Å². The van der Waals surface area contributed by atoms with Crippen molar-refractivity contribution in [1.82, 2.24) is 15.1 Å². The van der Waals surface area contributed by atoms with Gasteiger partial charge in [-0.2, -0.15) is 0 Å². The number of nitrogens with zero attached hydrogens (tertiary/aromatic N) is 2. The second-order valence-corrected chi connectivity index (χ2v) is 6.84. The van der Waals surface area contributed by atoms with Crippen LogP contribution < -0.4 is 11.1 Å². The van der Waals surface area contributed by atoms with Gasteiger partial charge in [-0.25, -0.2) is 0 Å². The lowest BCUT2D eigenvalue weighted by Gasteiger charge is -2.33. The molecule has 0 aromatic carbocycles. The van der Waals surface area contributed by atoms with Crippen molar-refractivity contribution in [2.24, 2.45) is 5.73 Å². The fraction of sp³-hybridized carbons (Fsp3) is 0.933. The number of hydrogen-bond donors (Lipinski definition) is 2. The summed E-state index contributed by atoms with van der Waals surface area (Å²) in [6, 6.07) is 0.866. The molecule has 5 heteroatoms. The highest BCUT2D eigenvalue weighted by molar-refractivity contribution is 5.84. The van der Waals surface area contributed by atoms with E-state index in [0.29, 0.717) is 6.04 Å². The summed E-state index contributed by atoms with van der Waals surface area (Å²) in [6.07, 6.45) is 3.27. The summed E-state index contributed by atoms with van der Waals surface area (Å²) in [5.41, 5.74) is 4.98. The van der Waals surface area contributed by atoms with Crippen LogP contribution in [-0.4, -0.2) is 67.1 Å². The van der Waals surface area contributed by atoms with Crippen LogP contribution >= 0.6 is 0 Å². The molecule has 1 rings (SSSR count). The molecule has 5 nitrogen and oxygen atoms in total. The van der Waals surface area contributed by atoms with Crippen LogP contribution in [-0.2, 0) is 4.79 Å². The van der Waals surface area contributed by atoms with E-state index in [0.717, 1.165) is 26.1 Å². The fourth-order valence-electron chi connectivity index (χ4n) is 3.09. The van der Waals surface area contributed by atoms with E-state index in [1.54, 1.807) is 0 Å². The quantitative estimate of drug-likeness (QED) is 0.687. The van der Waals surface area contributed by atoms with Crippen LogP contribution in [0.5, 0.6) is 0 Å². The summed E-state index contributed by atoms with van der Waals surface area (Å²) >= 11 is 0. The van der Waals surface area contributed by atoms with Crippen molar-refractivity contribution in [3.63, 3.8) is 0 Å². The maximum absolute atomic E-state index is 11.8. The third kappa shape index (κ3) is 5.04. The summed E-state index contributed by atoms with van der Waals surface area (Å²) in [4.78, 5) is 16.5. The molecule has 1 amide bonds. The Morgan fingerprint density at radius 3 is 2.65 bits per heavy atom. The van der Waals surface area contributed by atoms with Gasteiger partial charge in [0.2, 0.25) is 5.91 Å². The molecule has 2 unspecified atom stereocenters. The van der Waals surface area contributed by atoms with E-state index < -0.39 is 5.54 Å². The van der Waals surface area contributed by atoms with Crippen LogP contribution in [0.4, 0.5) is 0 Å². The second-order valence-electron chi connectivity index (χ2n) is 6.84. The van der Waals surface area contributed by atoms with E-state index in [9.17, 15) is 4.79 Å². The molecule has 1 aliphatic heterocycles. The fourth-order valence-corrected chi connectivity index (χ4v) is 3.09. The van der Waals surface area contributed by atoms with Crippen LogP contribution in [0.15, 0.2) is 0 Å². The van der Waals surface area contributed by atoms with Gasteiger partial charge in [-0.3, -0.25) is 9.69 Å². The molecule has 0 aromatic rings. The highest BCUT2D eigenvalue weighted by Crippen LogP contribution is 2.20. The molecule has 2 atom stereocenters. The monoisotopic (exact) mass is 284 g/mol. The van der Waals surface area contributed by atoms with Gasteiger partial charge in [-0.15, -0.1) is 0 Å². The molecule has 0 saturated carbocycles. The minimum Gasteiger partial charge on any atom is -0.368 e. The predicted octanol–water partition coefficient (Wildman–Crippen LogP) is 0.645. The zero-order chi connectivity index (χ0) is 15.3. The Morgan fingerprint density at radius 1 is 1.50 bits per heavy atom. The van der Waals surface area contributed by atoms with E-state index >= 15 is 0 Å². The van der Waals surface area contributed by atoms with Crippen LogP contribution in [0, 0.1) is 0 Å². The largest absolute Gasteiger partial charge is 0.368 e. The van der Waals surface area contributed by atoms with Gasteiger partial charge in [0.05, 0.1) is 5.54 Å². The number of likely N-dealkylation sites (N-methyl/N-ethyl adjacent to an activating group) is 1. The average molecular weight is 284 g/mol. The second kappa shape index (κ2) is 7.38. The number of likely N-dealkylation sites (tertiary alicyclic amines) is 1. The number of carbonyl (C=O) groups is 1. The summed E-state index contributed by atoms with van der Waals surface area (Å²) in [5.74, 6) is -0.255. The Labute approximate surface area is 123 Å². The van der Waals surface area contributed by atoms with Gasteiger partial charge in [0.1, 0.15) is 0 Å². The Kier molecular flexibility index (Phi) is 6.43. The van der Waals surface area contributed by atoms with E-state index in [4.69, 9.17) is 5.73 Å². The van der Waals surface area contributed by atoms with Gasteiger partial charge in [0.25, 0.3) is 0 Å². The van der Waals surface area contributed by atoms with E-state index in [1.165, 1.54) is 12.8 Å². The minimum absolute atomic E-state index is 0.253. The number of rotatable bonds is 8. The maximum atomic E-state index is 11.8. The molecule has 0 aromatic heterocycles. The van der Waals surface area contributed by atoms with Crippen molar-refractivity contribution in [3.05, 3.63) is 0 Å². The lowest BCUT2D eigenvalue weighted by molar-refractivity contribution is -0.124. The summed E-state index contributed by atoms with van der Waals surface area (Å²) in [7, 11) is 4.23. The number of primary amides is 1. The van der Waals surface area contributed by atoms with Gasteiger partial charge in [0.15, 0.2) is 0 Å². The third-order valence-corrected chi connectivity index (χ3v) is 4.13. The maximum Gasteiger partial charge on any atom is 0.237 e. The van der Waals surface area contributed by atoms with Gasteiger partial charge in [-0.05, 0) is 60.7 Å². The topological polar surface area (TPSA) is 61.6 Å². The predicted molar refractivity (Wildman–Crippen MR) is 83.6 cm³/mol. The number of carbonyl (C=O) groups excluding carboxylic acids is 1. The first-order chi connectivity index (χ1) is 9.24. The third-order valence-electron chi connectivity index (χ3n) is 4.13. The standard InChI is InChI=1S/C15H32N4O/c1-12(2)17-15(3,14(16)20)8-10-19-9-6-7-13(19)11-18(4)5/h12-13,17H,6-11H2,1-5H3,(H2,16,20). The van der Waals surface area contributed by atoms with Gasteiger partial charge in [0, 0.05) is 25.2 Å². The molecule has 3 N–H and O–H groups in total. The van der Waals surface area contributed by atoms with E-state index in [1.807, 2.05) is 20.8 Å². The molecule has 118 valence electrons. The Morgan fingerprint density at radius 2 is 2.15 bits per heavy atom. The summed E-state index contributed by atoms with van der Waals surface area (Å²) in [5, 5.41) is 3.32. The number of hydrogen-bond acceptors (Lipinski definition) is 4. The molecule has 1 aliphatic rings. The molecule has 0 spiro atoms. The van der Waals surface area contributed by atoms with Crippen molar-refractivity contribution in [1.29, 1.82) is 0 Å². The highest BCUT2D eigenvalue weighted by atomic mass is 16.1. The van der Waals surface area contributed by atoms with Crippen LogP contribution in [0.25, 0.3) is 0 Å². The SMILES string of the molecule is CC(C)NC(C)(CCN1CCCC1CN(C)C)C(N)=O. The molecule has 1 fully saturated rings. The zero-order valence-corrected chi connectivity index (χ0v) is 13.8. The Balaban J connectivity index is 2.56. The van der Waals surface area contributed by atoms with Crippen molar-refractivity contribution >= 4 is 5.91 Å². The molecule has 1 heterocycles. The molecule has 20 heavy (non-hydrogen) atoms. The van der Waals surface area contributed by atoms with E-state index in [-0.39, 0.29) is 11.9 Å². The molecule has 0 bridgehead atoms. The van der Waals surface area contributed by atoms with Crippen molar-refractivity contribution in [2.45, 2.75) is 57.7 Å². The Bertz CT molecular complexity index is 319. The van der Waals surface area contributed by atoms with Crippen LogP contribution in [0.3, 0.4) is 0 Å². The molecule has 0 aliphatic carbocycles. The molecular weight excluding hydrogens is 252 g/mol. The normalized spacial score (nSPS) is 23.4. The molecule has 1 saturated heterocycles. The summed E-state index contributed by atoms with van der Waals surface area (Å²) in [6.45, 7) is 9.17. The molecular formula is C15H32N4O. The van der Waals surface area contributed by atoms with Crippen LogP contribution in [0.1, 0.15) is 40.0 Å². The average Bonchev–Trinajstić information content (AvgIpc) is 2.72. The van der Waals surface area contributed by atoms with Crippen molar-refractivity contribution in [2.75, 3.05) is 33.7 Å². The van der Waals surface area contributed by atoms with Crippen molar-refractivity contribution in [3.8, 4) is 0 Å². The Hall–Kier alpha value is -0.650. The lowest BCUT2D eigenvalue weighted by Crippen LogP contribution is -2.57.